The Morgan fingerprint density at radius 2 is 2.00 bits per heavy atom. The third-order valence-corrected chi connectivity index (χ3v) is 5.00. The molecule has 1 saturated heterocycles. The minimum atomic E-state index is -0.875. The maximum atomic E-state index is 13.9. The molecule has 1 aromatic heterocycles. The van der Waals surface area contributed by atoms with Crippen molar-refractivity contribution in [3.8, 4) is 0 Å². The molecule has 2 aromatic rings. The molecule has 2 heterocycles. The molecule has 0 aliphatic carbocycles. The van der Waals surface area contributed by atoms with Crippen molar-refractivity contribution in [1.29, 1.82) is 0 Å². The predicted octanol–water partition coefficient (Wildman–Crippen LogP) is 3.89. The van der Waals surface area contributed by atoms with E-state index in [2.05, 4.69) is 10.3 Å². The summed E-state index contributed by atoms with van der Waals surface area (Å²) in [6, 6.07) is 9.88. The monoisotopic (exact) mass is 409 g/mol. The molecule has 1 atom stereocenters. The van der Waals surface area contributed by atoms with Crippen LogP contribution in [0.5, 0.6) is 0 Å². The first-order valence-electron chi connectivity index (χ1n) is 9.48. The van der Waals surface area contributed by atoms with E-state index in [-0.39, 0.29) is 42.8 Å². The van der Waals surface area contributed by atoms with Gasteiger partial charge in [0.05, 0.1) is 12.2 Å². The number of carbonyl (C=O) groups excluding carboxylic acids is 1. The summed E-state index contributed by atoms with van der Waals surface area (Å²) < 4.78 is 27.3. The number of rotatable bonds is 6. The molecule has 0 spiro atoms. The lowest BCUT2D eigenvalue weighted by atomic mass is 10.0. The molecule has 1 aromatic carbocycles. The van der Waals surface area contributed by atoms with Gasteiger partial charge in [0.2, 0.25) is 5.91 Å². The molecule has 1 aliphatic heterocycles. The fourth-order valence-electron chi connectivity index (χ4n) is 3.53. The van der Waals surface area contributed by atoms with Gasteiger partial charge in [-0.15, -0.1) is 12.4 Å². The van der Waals surface area contributed by atoms with E-state index in [1.54, 1.807) is 6.20 Å². The van der Waals surface area contributed by atoms with Crippen molar-refractivity contribution in [2.45, 2.75) is 44.7 Å². The van der Waals surface area contributed by atoms with Crippen LogP contribution in [0.15, 0.2) is 42.6 Å². The van der Waals surface area contributed by atoms with Crippen molar-refractivity contribution < 1.29 is 13.6 Å². The number of amides is 1. The van der Waals surface area contributed by atoms with Crippen LogP contribution in [-0.2, 0) is 17.8 Å². The third-order valence-electron chi connectivity index (χ3n) is 5.00. The highest BCUT2D eigenvalue weighted by molar-refractivity contribution is 5.85. The zero-order valence-corrected chi connectivity index (χ0v) is 16.6. The Bertz CT molecular complexity index is 753. The van der Waals surface area contributed by atoms with Crippen LogP contribution in [0.4, 0.5) is 8.78 Å². The molecule has 1 fully saturated rings. The highest BCUT2D eigenvalue weighted by Crippen LogP contribution is 2.19. The summed E-state index contributed by atoms with van der Waals surface area (Å²) in [4.78, 5) is 19.2. The summed E-state index contributed by atoms with van der Waals surface area (Å²) in [5.74, 6) is -1.78. The molecule has 0 saturated carbocycles. The molecule has 1 amide bonds. The van der Waals surface area contributed by atoms with E-state index in [0.717, 1.165) is 44.1 Å². The highest BCUT2D eigenvalue weighted by Gasteiger charge is 2.25. The second-order valence-corrected chi connectivity index (χ2v) is 6.89. The minimum absolute atomic E-state index is 0. The number of hydrogen-bond acceptors (Lipinski definition) is 3. The molecule has 7 heteroatoms. The van der Waals surface area contributed by atoms with Gasteiger partial charge in [-0.3, -0.25) is 9.78 Å². The Morgan fingerprint density at radius 3 is 2.79 bits per heavy atom. The lowest BCUT2D eigenvalue weighted by Gasteiger charge is -2.31. The summed E-state index contributed by atoms with van der Waals surface area (Å²) in [6.07, 6.45) is 4.87. The average Bonchev–Trinajstić information content (AvgIpc) is 2.97. The zero-order chi connectivity index (χ0) is 19.1. The van der Waals surface area contributed by atoms with Crippen LogP contribution in [0.1, 0.15) is 36.9 Å². The van der Waals surface area contributed by atoms with E-state index in [1.807, 2.05) is 23.1 Å². The van der Waals surface area contributed by atoms with Gasteiger partial charge in [0, 0.05) is 18.7 Å². The summed E-state index contributed by atoms with van der Waals surface area (Å²) in [7, 11) is 0. The number of pyridine rings is 1. The number of nitrogens with zero attached hydrogens (tertiary/aromatic N) is 2. The van der Waals surface area contributed by atoms with Crippen LogP contribution in [0.25, 0.3) is 0 Å². The van der Waals surface area contributed by atoms with Gasteiger partial charge in [0.15, 0.2) is 11.6 Å². The lowest BCUT2D eigenvalue weighted by Crippen LogP contribution is -2.40. The van der Waals surface area contributed by atoms with Crippen molar-refractivity contribution in [2.75, 3.05) is 13.1 Å². The number of hydrogen-bond donors (Lipinski definition) is 1. The van der Waals surface area contributed by atoms with Gasteiger partial charge in [0.25, 0.3) is 0 Å². The topological polar surface area (TPSA) is 45.2 Å². The molecule has 1 unspecified atom stereocenters. The largest absolute Gasteiger partial charge is 0.334 e. The number of aryl methyl sites for hydroxylation is 1. The normalized spacial score (nSPS) is 16.7. The molecular weight excluding hydrogens is 384 g/mol. The molecule has 1 N–H and O–H groups in total. The molecule has 0 radical (unpaired) electrons. The van der Waals surface area contributed by atoms with Gasteiger partial charge < -0.3 is 10.2 Å². The standard InChI is InChI=1S/C21H25F2N3O.ClH/c22-19-8-3-5-16(21(19)23)9-10-20(27)26(15-17-6-1-2-13-25-17)18-7-4-12-24-14-11-18;/h1-3,5-6,8,13,18,24H,4,7,9-12,14-15H2;1H. The fraction of sp³-hybridized carbons (Fsp3) is 0.429. The van der Waals surface area contributed by atoms with Gasteiger partial charge in [-0.25, -0.2) is 8.78 Å². The van der Waals surface area contributed by atoms with Crippen LogP contribution in [0.2, 0.25) is 0 Å². The van der Waals surface area contributed by atoms with Crippen molar-refractivity contribution in [3.05, 3.63) is 65.5 Å². The second-order valence-electron chi connectivity index (χ2n) is 6.89. The Labute approximate surface area is 170 Å². The summed E-state index contributed by atoms with van der Waals surface area (Å²) in [6.45, 7) is 2.27. The van der Waals surface area contributed by atoms with Gasteiger partial charge >= 0.3 is 0 Å². The van der Waals surface area contributed by atoms with E-state index in [0.29, 0.717) is 6.54 Å². The van der Waals surface area contributed by atoms with Crippen LogP contribution in [-0.4, -0.2) is 34.9 Å². The summed E-state index contributed by atoms with van der Waals surface area (Å²) >= 11 is 0. The minimum Gasteiger partial charge on any atom is -0.334 e. The van der Waals surface area contributed by atoms with E-state index in [1.165, 1.54) is 12.1 Å². The maximum Gasteiger partial charge on any atom is 0.223 e. The quantitative estimate of drug-likeness (QED) is 0.787. The third kappa shape index (κ3) is 5.97. The van der Waals surface area contributed by atoms with Gasteiger partial charge in [0.1, 0.15) is 0 Å². The Hall–Kier alpha value is -2.05. The van der Waals surface area contributed by atoms with Gasteiger partial charge in [-0.1, -0.05) is 18.2 Å². The SMILES string of the molecule is Cl.O=C(CCc1cccc(F)c1F)N(Cc1ccccn1)C1CCCNCC1. The van der Waals surface area contributed by atoms with Crippen LogP contribution < -0.4 is 5.32 Å². The van der Waals surface area contributed by atoms with Crippen molar-refractivity contribution >= 4 is 18.3 Å². The maximum absolute atomic E-state index is 13.9. The van der Waals surface area contributed by atoms with Crippen molar-refractivity contribution in [1.82, 2.24) is 15.2 Å². The first-order chi connectivity index (χ1) is 13.1. The number of benzene rings is 1. The van der Waals surface area contributed by atoms with E-state index >= 15 is 0 Å². The predicted molar refractivity (Wildman–Crippen MR) is 107 cm³/mol. The summed E-state index contributed by atoms with van der Waals surface area (Å²) in [5.41, 5.74) is 1.07. The molecule has 1 aliphatic rings. The Kier molecular flexibility index (Phi) is 8.80. The number of aromatic nitrogens is 1. The molecule has 28 heavy (non-hydrogen) atoms. The Morgan fingerprint density at radius 1 is 1.14 bits per heavy atom. The van der Waals surface area contributed by atoms with Gasteiger partial charge in [-0.05, 0) is 62.5 Å². The van der Waals surface area contributed by atoms with Crippen LogP contribution >= 0.6 is 12.4 Å². The second kappa shape index (κ2) is 11.1. The smallest absolute Gasteiger partial charge is 0.223 e. The van der Waals surface area contributed by atoms with Crippen LogP contribution in [0.3, 0.4) is 0 Å². The summed E-state index contributed by atoms with van der Waals surface area (Å²) in [5, 5.41) is 3.36. The first kappa shape index (κ1) is 22.2. The highest BCUT2D eigenvalue weighted by atomic mass is 35.5. The molecule has 0 bridgehead atoms. The van der Waals surface area contributed by atoms with Crippen LogP contribution in [0, 0.1) is 11.6 Å². The Balaban J connectivity index is 0.00000280. The van der Waals surface area contributed by atoms with Crippen molar-refractivity contribution in [2.24, 2.45) is 0 Å². The average molecular weight is 410 g/mol. The van der Waals surface area contributed by atoms with E-state index in [4.69, 9.17) is 0 Å². The zero-order valence-electron chi connectivity index (χ0n) is 15.7. The number of halogens is 3. The molecule has 3 rings (SSSR count). The molecule has 4 nitrogen and oxygen atoms in total. The number of carbonyl (C=O) groups is 1. The van der Waals surface area contributed by atoms with E-state index < -0.39 is 11.6 Å². The van der Waals surface area contributed by atoms with E-state index in [9.17, 15) is 13.6 Å². The fourth-order valence-corrected chi connectivity index (χ4v) is 3.53. The molecule has 152 valence electrons. The lowest BCUT2D eigenvalue weighted by molar-refractivity contribution is -0.134. The first-order valence-corrected chi connectivity index (χ1v) is 9.48. The number of nitrogens with one attached hydrogen (secondary N) is 1. The van der Waals surface area contributed by atoms with Crippen molar-refractivity contribution in [3.63, 3.8) is 0 Å². The molecular formula is C21H26ClF2N3O. The van der Waals surface area contributed by atoms with Gasteiger partial charge in [-0.2, -0.15) is 0 Å².